The molecule has 0 atom stereocenters. The van der Waals surface area contributed by atoms with Gasteiger partial charge in [-0.3, -0.25) is 4.79 Å². The van der Waals surface area contributed by atoms with Crippen LogP contribution in [0.15, 0.2) is 30.3 Å². The molecule has 1 saturated carbocycles. The molecular formula is C16H23ClN2O. The molecular weight excluding hydrogens is 272 g/mol. The van der Waals surface area contributed by atoms with Crippen LogP contribution in [0.1, 0.15) is 24.8 Å². The van der Waals surface area contributed by atoms with Gasteiger partial charge in [-0.25, -0.2) is 0 Å². The van der Waals surface area contributed by atoms with E-state index in [0.29, 0.717) is 5.91 Å². The number of amides is 1. The molecule has 1 amide bonds. The Bertz CT molecular complexity index is 429. The van der Waals surface area contributed by atoms with E-state index in [1.54, 1.807) is 0 Å². The van der Waals surface area contributed by atoms with Gasteiger partial charge in [-0.2, -0.15) is 0 Å². The van der Waals surface area contributed by atoms with E-state index in [9.17, 15) is 4.79 Å². The van der Waals surface area contributed by atoms with E-state index in [-0.39, 0.29) is 18.3 Å². The van der Waals surface area contributed by atoms with E-state index in [2.05, 4.69) is 22.3 Å². The van der Waals surface area contributed by atoms with Gasteiger partial charge in [0.05, 0.1) is 5.92 Å². The van der Waals surface area contributed by atoms with Crippen LogP contribution in [-0.2, 0) is 11.3 Å². The Hall–Kier alpha value is -1.06. The SMILES string of the molecule is Cl.O=C(C1CNC1)N(Cc1ccccc1)CC1CCC1. The zero-order valence-electron chi connectivity index (χ0n) is 11.8. The fourth-order valence-electron chi connectivity index (χ4n) is 2.74. The van der Waals surface area contributed by atoms with Crippen molar-refractivity contribution in [3.63, 3.8) is 0 Å². The van der Waals surface area contributed by atoms with Crippen molar-refractivity contribution < 1.29 is 4.79 Å². The van der Waals surface area contributed by atoms with Gasteiger partial charge in [-0.15, -0.1) is 12.4 Å². The van der Waals surface area contributed by atoms with Crippen LogP contribution in [0.4, 0.5) is 0 Å². The number of carbonyl (C=O) groups is 1. The van der Waals surface area contributed by atoms with Crippen molar-refractivity contribution in [2.24, 2.45) is 11.8 Å². The molecule has 1 aromatic rings. The predicted molar refractivity (Wildman–Crippen MR) is 82.8 cm³/mol. The third-order valence-corrected chi connectivity index (χ3v) is 4.36. The Labute approximate surface area is 127 Å². The van der Waals surface area contributed by atoms with Crippen molar-refractivity contribution >= 4 is 18.3 Å². The Morgan fingerprint density at radius 2 is 1.90 bits per heavy atom. The van der Waals surface area contributed by atoms with Crippen molar-refractivity contribution in [2.45, 2.75) is 25.8 Å². The van der Waals surface area contributed by atoms with Crippen LogP contribution < -0.4 is 5.32 Å². The molecule has 3 nitrogen and oxygen atoms in total. The first-order valence-corrected chi connectivity index (χ1v) is 7.36. The molecule has 1 aromatic carbocycles. The van der Waals surface area contributed by atoms with Crippen LogP contribution in [0.5, 0.6) is 0 Å². The van der Waals surface area contributed by atoms with Crippen LogP contribution in [0.2, 0.25) is 0 Å². The van der Waals surface area contributed by atoms with E-state index in [1.165, 1.54) is 24.8 Å². The van der Waals surface area contributed by atoms with Crippen molar-refractivity contribution in [1.82, 2.24) is 10.2 Å². The second-order valence-corrected chi connectivity index (χ2v) is 5.86. The standard InChI is InChI=1S/C16H22N2O.ClH/c19-16(15-9-17-10-15)18(12-14-7-4-8-14)11-13-5-2-1-3-6-13;/h1-3,5-6,14-15,17H,4,7-12H2;1H. The third kappa shape index (κ3) is 3.53. The molecule has 0 bridgehead atoms. The molecule has 4 heteroatoms. The van der Waals surface area contributed by atoms with Gasteiger partial charge in [0, 0.05) is 26.2 Å². The van der Waals surface area contributed by atoms with E-state index in [0.717, 1.165) is 32.1 Å². The molecule has 0 aromatic heterocycles. The number of hydrogen-bond donors (Lipinski definition) is 1. The molecule has 1 saturated heterocycles. The Morgan fingerprint density at radius 1 is 1.20 bits per heavy atom. The smallest absolute Gasteiger partial charge is 0.228 e. The number of rotatable bonds is 5. The van der Waals surface area contributed by atoms with Gasteiger partial charge in [0.1, 0.15) is 0 Å². The lowest BCUT2D eigenvalue weighted by Gasteiger charge is -2.37. The van der Waals surface area contributed by atoms with Crippen LogP contribution in [0.25, 0.3) is 0 Å². The Balaban J connectivity index is 0.00000147. The van der Waals surface area contributed by atoms with Crippen LogP contribution in [-0.4, -0.2) is 30.4 Å². The number of nitrogens with zero attached hydrogens (tertiary/aromatic N) is 1. The zero-order valence-corrected chi connectivity index (χ0v) is 12.6. The molecule has 2 fully saturated rings. The lowest BCUT2D eigenvalue weighted by molar-refractivity contribution is -0.138. The number of halogens is 1. The minimum absolute atomic E-state index is 0. The summed E-state index contributed by atoms with van der Waals surface area (Å²) in [5.41, 5.74) is 1.24. The third-order valence-electron chi connectivity index (χ3n) is 4.36. The first-order chi connectivity index (χ1) is 9.33. The van der Waals surface area contributed by atoms with Gasteiger partial charge in [0.25, 0.3) is 0 Å². The highest BCUT2D eigenvalue weighted by atomic mass is 35.5. The highest BCUT2D eigenvalue weighted by Gasteiger charge is 2.31. The predicted octanol–water partition coefficient (Wildman–Crippen LogP) is 2.46. The second kappa shape index (κ2) is 7.09. The van der Waals surface area contributed by atoms with E-state index >= 15 is 0 Å². The maximum atomic E-state index is 12.5. The lowest BCUT2D eigenvalue weighted by atomic mass is 9.84. The minimum atomic E-state index is 0. The molecule has 1 aliphatic heterocycles. The normalized spacial score (nSPS) is 18.6. The number of benzene rings is 1. The van der Waals surface area contributed by atoms with Crippen LogP contribution >= 0.6 is 12.4 Å². The number of hydrogen-bond acceptors (Lipinski definition) is 2. The van der Waals surface area contributed by atoms with Gasteiger partial charge in [-0.1, -0.05) is 36.8 Å². The summed E-state index contributed by atoms with van der Waals surface area (Å²) in [5, 5.41) is 3.19. The monoisotopic (exact) mass is 294 g/mol. The summed E-state index contributed by atoms with van der Waals surface area (Å²) in [5.74, 6) is 1.29. The van der Waals surface area contributed by atoms with Gasteiger partial charge in [0.2, 0.25) is 5.91 Å². The second-order valence-electron chi connectivity index (χ2n) is 5.86. The van der Waals surface area contributed by atoms with Crippen LogP contribution in [0, 0.1) is 11.8 Å². The molecule has 3 rings (SSSR count). The summed E-state index contributed by atoms with van der Waals surface area (Å²) in [7, 11) is 0. The van der Waals surface area contributed by atoms with Gasteiger partial charge in [-0.05, 0) is 24.3 Å². The molecule has 110 valence electrons. The fourth-order valence-corrected chi connectivity index (χ4v) is 2.74. The van der Waals surface area contributed by atoms with Crippen molar-refractivity contribution in [1.29, 1.82) is 0 Å². The summed E-state index contributed by atoms with van der Waals surface area (Å²) in [4.78, 5) is 14.6. The van der Waals surface area contributed by atoms with E-state index in [4.69, 9.17) is 0 Å². The summed E-state index contributed by atoms with van der Waals surface area (Å²) in [6.07, 6.45) is 3.92. The largest absolute Gasteiger partial charge is 0.338 e. The van der Waals surface area contributed by atoms with Crippen molar-refractivity contribution in [3.8, 4) is 0 Å². The minimum Gasteiger partial charge on any atom is -0.338 e. The molecule has 0 spiro atoms. The molecule has 0 radical (unpaired) electrons. The molecule has 20 heavy (non-hydrogen) atoms. The number of nitrogens with one attached hydrogen (secondary N) is 1. The topological polar surface area (TPSA) is 32.3 Å². The number of carbonyl (C=O) groups excluding carboxylic acids is 1. The van der Waals surface area contributed by atoms with Crippen molar-refractivity contribution in [3.05, 3.63) is 35.9 Å². The zero-order chi connectivity index (χ0) is 13.1. The summed E-state index contributed by atoms with van der Waals surface area (Å²) in [6, 6.07) is 10.3. The molecule has 2 aliphatic rings. The van der Waals surface area contributed by atoms with Gasteiger partial charge >= 0.3 is 0 Å². The Morgan fingerprint density at radius 3 is 2.40 bits per heavy atom. The Kier molecular flexibility index (Phi) is 5.44. The summed E-state index contributed by atoms with van der Waals surface area (Å²) < 4.78 is 0. The van der Waals surface area contributed by atoms with Gasteiger partial charge < -0.3 is 10.2 Å². The maximum absolute atomic E-state index is 12.5. The first-order valence-electron chi connectivity index (χ1n) is 7.36. The molecule has 1 heterocycles. The molecule has 0 unspecified atom stereocenters. The summed E-state index contributed by atoms with van der Waals surface area (Å²) >= 11 is 0. The lowest BCUT2D eigenvalue weighted by Crippen LogP contribution is -2.52. The van der Waals surface area contributed by atoms with Gasteiger partial charge in [0.15, 0.2) is 0 Å². The average Bonchev–Trinajstić information content (AvgIpc) is 2.31. The van der Waals surface area contributed by atoms with E-state index < -0.39 is 0 Å². The summed E-state index contributed by atoms with van der Waals surface area (Å²) in [6.45, 7) is 3.43. The van der Waals surface area contributed by atoms with Crippen LogP contribution in [0.3, 0.4) is 0 Å². The highest BCUT2D eigenvalue weighted by Crippen LogP contribution is 2.28. The maximum Gasteiger partial charge on any atom is 0.228 e. The first kappa shape index (κ1) is 15.3. The average molecular weight is 295 g/mol. The van der Waals surface area contributed by atoms with E-state index in [1.807, 2.05) is 18.2 Å². The fraction of sp³-hybridized carbons (Fsp3) is 0.562. The highest BCUT2D eigenvalue weighted by molar-refractivity contribution is 5.85. The molecule has 1 aliphatic carbocycles. The van der Waals surface area contributed by atoms with Crippen molar-refractivity contribution in [2.75, 3.05) is 19.6 Å². The quantitative estimate of drug-likeness (QED) is 0.905. The molecule has 1 N–H and O–H groups in total.